The quantitative estimate of drug-likeness (QED) is 0.476. The van der Waals surface area contributed by atoms with Gasteiger partial charge in [0.25, 0.3) is 0 Å². The Hall–Kier alpha value is -3.11. The van der Waals surface area contributed by atoms with E-state index < -0.39 is 0 Å². The summed E-state index contributed by atoms with van der Waals surface area (Å²) in [5.41, 5.74) is 5.33. The van der Waals surface area contributed by atoms with Crippen LogP contribution >= 0.6 is 11.6 Å². The van der Waals surface area contributed by atoms with Crippen LogP contribution in [0.4, 0.5) is 0 Å². The third-order valence-corrected chi connectivity index (χ3v) is 4.92. The van der Waals surface area contributed by atoms with E-state index in [1.54, 1.807) is 6.20 Å². The molecule has 0 radical (unpaired) electrons. The number of aryl methyl sites for hydroxylation is 1. The van der Waals surface area contributed by atoms with Crippen molar-refractivity contribution in [2.45, 2.75) is 12.8 Å². The monoisotopic (exact) mass is 370 g/mol. The summed E-state index contributed by atoms with van der Waals surface area (Å²) in [6, 6.07) is 16.2. The highest BCUT2D eigenvalue weighted by Gasteiger charge is 2.12. The van der Waals surface area contributed by atoms with Crippen LogP contribution < -0.4 is 0 Å². The number of hydrogen-bond acceptors (Lipinski definition) is 4. The van der Waals surface area contributed by atoms with Gasteiger partial charge in [0.15, 0.2) is 11.6 Å². The van der Waals surface area contributed by atoms with E-state index in [1.807, 2.05) is 30.3 Å². The molecule has 2 aromatic carbocycles. The molecule has 0 aliphatic heterocycles. The van der Waals surface area contributed by atoms with E-state index in [4.69, 9.17) is 11.6 Å². The van der Waals surface area contributed by atoms with Gasteiger partial charge < -0.3 is 0 Å². The first-order valence-corrected chi connectivity index (χ1v) is 9.21. The van der Waals surface area contributed by atoms with E-state index in [-0.39, 0.29) is 5.28 Å². The van der Waals surface area contributed by atoms with Crippen LogP contribution in [0.5, 0.6) is 0 Å². The van der Waals surface area contributed by atoms with Crippen molar-refractivity contribution >= 4 is 28.6 Å². The Labute approximate surface area is 161 Å². The molecule has 2 heterocycles. The fourth-order valence-electron chi connectivity index (χ4n) is 3.39. The molecule has 0 saturated carbocycles. The van der Waals surface area contributed by atoms with Gasteiger partial charge in [0, 0.05) is 22.7 Å². The minimum absolute atomic E-state index is 0.189. The van der Waals surface area contributed by atoms with Gasteiger partial charge in [-0.1, -0.05) is 30.4 Å². The average Bonchev–Trinajstić information content (AvgIpc) is 2.72. The Morgan fingerprint density at radius 2 is 1.67 bits per heavy atom. The minimum Gasteiger partial charge on any atom is -0.256 e. The van der Waals surface area contributed by atoms with Gasteiger partial charge >= 0.3 is 0 Å². The first kappa shape index (κ1) is 16.1. The summed E-state index contributed by atoms with van der Waals surface area (Å²) < 4.78 is 0. The van der Waals surface area contributed by atoms with Crippen LogP contribution in [-0.2, 0) is 6.42 Å². The van der Waals surface area contributed by atoms with E-state index in [2.05, 4.69) is 50.3 Å². The predicted octanol–water partition coefficient (Wildman–Crippen LogP) is 5.37. The number of aromatic nitrogens is 4. The van der Waals surface area contributed by atoms with Crippen LogP contribution in [0.25, 0.3) is 39.8 Å². The van der Waals surface area contributed by atoms with E-state index in [9.17, 15) is 0 Å². The summed E-state index contributed by atoms with van der Waals surface area (Å²) in [5.74, 6) is 1.14. The molecule has 4 aromatic rings. The molecule has 5 rings (SSSR count). The third kappa shape index (κ3) is 3.09. The highest BCUT2D eigenvalue weighted by Crippen LogP contribution is 2.27. The van der Waals surface area contributed by atoms with Crippen LogP contribution in [0.15, 0.2) is 60.8 Å². The van der Waals surface area contributed by atoms with Crippen LogP contribution in [0.3, 0.4) is 0 Å². The normalized spacial score (nSPS) is 12.9. The standard InChI is InChI=1S/C22H15ClN4/c23-22-26-20(17-8-7-14-4-1-2-5-15(14)12-17)25-21(27-22)18-9-10-19-16(13-18)6-3-11-24-19/h2-3,5-13H,1,4H2. The molecular formula is C22H15ClN4. The van der Waals surface area contributed by atoms with Gasteiger partial charge in [0.05, 0.1) is 5.52 Å². The van der Waals surface area contributed by atoms with Crippen molar-refractivity contribution < 1.29 is 0 Å². The lowest BCUT2D eigenvalue weighted by atomic mass is 9.95. The molecule has 0 fully saturated rings. The fraction of sp³-hybridized carbons (Fsp3) is 0.0909. The molecule has 0 amide bonds. The maximum absolute atomic E-state index is 6.22. The minimum atomic E-state index is 0.189. The summed E-state index contributed by atoms with van der Waals surface area (Å²) in [6.07, 6.45) is 8.29. The second kappa shape index (κ2) is 6.56. The smallest absolute Gasteiger partial charge is 0.226 e. The highest BCUT2D eigenvalue weighted by molar-refractivity contribution is 6.28. The number of allylic oxidation sites excluding steroid dienone is 1. The van der Waals surface area contributed by atoms with Gasteiger partial charge in [-0.05, 0) is 65.9 Å². The predicted molar refractivity (Wildman–Crippen MR) is 108 cm³/mol. The molecule has 0 spiro atoms. The van der Waals surface area contributed by atoms with Gasteiger partial charge in [0.2, 0.25) is 5.28 Å². The Morgan fingerprint density at radius 1 is 0.852 bits per heavy atom. The molecule has 2 aromatic heterocycles. The molecule has 5 heteroatoms. The molecule has 0 bridgehead atoms. The molecule has 130 valence electrons. The van der Waals surface area contributed by atoms with Crippen LogP contribution in [0.1, 0.15) is 17.5 Å². The zero-order chi connectivity index (χ0) is 18.2. The molecule has 0 saturated heterocycles. The molecular weight excluding hydrogens is 356 g/mol. The second-order valence-corrected chi connectivity index (χ2v) is 6.86. The fourth-order valence-corrected chi connectivity index (χ4v) is 3.55. The summed E-state index contributed by atoms with van der Waals surface area (Å²) in [6.45, 7) is 0. The molecule has 0 N–H and O–H groups in total. The van der Waals surface area contributed by atoms with Crippen molar-refractivity contribution in [1.29, 1.82) is 0 Å². The largest absolute Gasteiger partial charge is 0.256 e. The Bertz CT molecular complexity index is 1200. The number of fused-ring (bicyclic) bond motifs is 2. The maximum Gasteiger partial charge on any atom is 0.226 e. The van der Waals surface area contributed by atoms with Crippen molar-refractivity contribution in [3.05, 3.63) is 77.2 Å². The van der Waals surface area contributed by atoms with Crippen molar-refractivity contribution in [3.8, 4) is 22.8 Å². The van der Waals surface area contributed by atoms with Crippen molar-refractivity contribution in [3.63, 3.8) is 0 Å². The Kier molecular flexibility index (Phi) is 3.91. The number of pyridine rings is 1. The molecule has 1 aliphatic rings. The lowest BCUT2D eigenvalue weighted by Crippen LogP contribution is -1.99. The van der Waals surface area contributed by atoms with Gasteiger partial charge in [-0.3, -0.25) is 4.98 Å². The summed E-state index contributed by atoms with van der Waals surface area (Å²) in [4.78, 5) is 17.7. The average molecular weight is 371 g/mol. The molecule has 4 nitrogen and oxygen atoms in total. The Morgan fingerprint density at radius 3 is 2.56 bits per heavy atom. The van der Waals surface area contributed by atoms with Gasteiger partial charge in [0.1, 0.15) is 0 Å². The van der Waals surface area contributed by atoms with E-state index >= 15 is 0 Å². The van der Waals surface area contributed by atoms with Gasteiger partial charge in [-0.2, -0.15) is 9.97 Å². The SMILES string of the molecule is Clc1nc(-c2ccc3c(c2)C=CCC3)nc(-c2ccc3ncccc3c2)n1. The van der Waals surface area contributed by atoms with Crippen LogP contribution in [-0.4, -0.2) is 19.9 Å². The first-order valence-electron chi connectivity index (χ1n) is 8.83. The van der Waals surface area contributed by atoms with Crippen molar-refractivity contribution in [2.75, 3.05) is 0 Å². The molecule has 1 aliphatic carbocycles. The molecule has 0 unspecified atom stereocenters. The summed E-state index contributed by atoms with van der Waals surface area (Å²) in [5, 5.41) is 1.22. The maximum atomic E-state index is 6.22. The zero-order valence-corrected chi connectivity index (χ0v) is 15.2. The highest BCUT2D eigenvalue weighted by atomic mass is 35.5. The Balaban J connectivity index is 1.61. The van der Waals surface area contributed by atoms with Gasteiger partial charge in [-0.15, -0.1) is 0 Å². The van der Waals surface area contributed by atoms with Gasteiger partial charge in [-0.25, -0.2) is 4.98 Å². The number of benzene rings is 2. The number of rotatable bonds is 2. The number of halogens is 1. The second-order valence-electron chi connectivity index (χ2n) is 6.52. The lowest BCUT2D eigenvalue weighted by Gasteiger charge is -2.12. The summed E-state index contributed by atoms with van der Waals surface area (Å²) in [7, 11) is 0. The van der Waals surface area contributed by atoms with Crippen molar-refractivity contribution in [1.82, 2.24) is 19.9 Å². The number of nitrogens with zero attached hydrogens (tertiary/aromatic N) is 4. The lowest BCUT2D eigenvalue weighted by molar-refractivity contribution is 0.984. The topological polar surface area (TPSA) is 51.6 Å². The van der Waals surface area contributed by atoms with Crippen LogP contribution in [0, 0.1) is 0 Å². The third-order valence-electron chi connectivity index (χ3n) is 4.75. The van der Waals surface area contributed by atoms with E-state index in [0.29, 0.717) is 11.6 Å². The summed E-state index contributed by atoms with van der Waals surface area (Å²) >= 11 is 6.22. The molecule has 27 heavy (non-hydrogen) atoms. The van der Waals surface area contributed by atoms with E-state index in [0.717, 1.165) is 34.9 Å². The van der Waals surface area contributed by atoms with E-state index in [1.165, 1.54) is 11.1 Å². The van der Waals surface area contributed by atoms with Crippen molar-refractivity contribution in [2.24, 2.45) is 0 Å². The number of hydrogen-bond donors (Lipinski definition) is 0. The first-order chi connectivity index (χ1) is 13.3. The zero-order valence-electron chi connectivity index (χ0n) is 14.4. The van der Waals surface area contributed by atoms with Crippen LogP contribution in [0.2, 0.25) is 5.28 Å². The molecule has 0 atom stereocenters.